The Kier molecular flexibility index (Phi) is 3.67. The van der Waals surface area contributed by atoms with Gasteiger partial charge >= 0.3 is 0 Å². The van der Waals surface area contributed by atoms with E-state index >= 15 is 0 Å². The number of carbonyl (C=O) groups is 1. The Bertz CT molecular complexity index is 581. The molecule has 0 aliphatic heterocycles. The van der Waals surface area contributed by atoms with Gasteiger partial charge in [0.05, 0.1) is 11.6 Å². The van der Waals surface area contributed by atoms with Crippen molar-refractivity contribution in [2.75, 3.05) is 0 Å². The number of para-hydroxylation sites is 1. The Morgan fingerprint density at radius 3 is 2.94 bits per heavy atom. The van der Waals surface area contributed by atoms with E-state index in [-0.39, 0.29) is 5.91 Å². The molecule has 4 nitrogen and oxygen atoms in total. The smallest absolute Gasteiger partial charge is 0.223 e. The first-order valence-electron chi connectivity index (χ1n) is 5.67. The summed E-state index contributed by atoms with van der Waals surface area (Å²) in [5.41, 5.74) is 1.81. The van der Waals surface area contributed by atoms with Crippen molar-refractivity contribution in [2.45, 2.75) is 19.4 Å². The van der Waals surface area contributed by atoms with Crippen LogP contribution >= 0.6 is 0 Å². The molecule has 0 spiro atoms. The van der Waals surface area contributed by atoms with Crippen LogP contribution in [-0.4, -0.2) is 23.2 Å². The van der Waals surface area contributed by atoms with Crippen LogP contribution < -0.4 is 5.32 Å². The summed E-state index contributed by atoms with van der Waals surface area (Å²) in [4.78, 5) is 26.0. The van der Waals surface area contributed by atoms with E-state index in [4.69, 9.17) is 0 Å². The third-order valence-corrected chi connectivity index (χ3v) is 2.61. The zero-order chi connectivity index (χ0) is 13.0. The number of rotatable bonds is 4. The van der Waals surface area contributed by atoms with Crippen LogP contribution in [0.25, 0.3) is 10.9 Å². The summed E-state index contributed by atoms with van der Waals surface area (Å²) in [5, 5.41) is 3.55. The van der Waals surface area contributed by atoms with Gasteiger partial charge in [0.1, 0.15) is 0 Å². The zero-order valence-corrected chi connectivity index (χ0v) is 10.0. The fraction of sp³-hybridized carbons (Fsp3) is 0.214. The van der Waals surface area contributed by atoms with Crippen LogP contribution in [0.4, 0.5) is 0 Å². The number of pyridine rings is 1. The molecule has 0 aliphatic rings. The lowest BCUT2D eigenvalue weighted by atomic mass is 10.1. The number of benzene rings is 1. The normalized spacial score (nSPS) is 12.1. The van der Waals surface area contributed by atoms with E-state index in [9.17, 15) is 9.59 Å². The number of carbonyl (C=O) groups excluding carboxylic acids is 2. The maximum atomic E-state index is 10.9. The standard InChI is InChI=1S/C14H13N2O2/c1-10(18)16-13(9-17)7-11-6-12-4-2-3-5-14(12)15-8-11/h2-6,8,13H,7H2,1H3,(H,16,18)/t13-/m0/s1. The molecule has 1 N–H and O–H groups in total. The predicted molar refractivity (Wildman–Crippen MR) is 68.7 cm³/mol. The largest absolute Gasteiger partial charge is 0.346 e. The lowest BCUT2D eigenvalue weighted by Crippen LogP contribution is -2.35. The highest BCUT2D eigenvalue weighted by atomic mass is 16.2. The van der Waals surface area contributed by atoms with Crippen molar-refractivity contribution in [3.8, 4) is 0 Å². The van der Waals surface area contributed by atoms with E-state index in [1.807, 2.05) is 36.6 Å². The van der Waals surface area contributed by atoms with Gasteiger partial charge in [0.2, 0.25) is 12.2 Å². The molecule has 1 heterocycles. The molecule has 0 unspecified atom stereocenters. The van der Waals surface area contributed by atoms with E-state index in [0.717, 1.165) is 16.5 Å². The maximum absolute atomic E-state index is 10.9. The monoisotopic (exact) mass is 241 g/mol. The topological polar surface area (TPSA) is 59.1 Å². The minimum atomic E-state index is -0.620. The van der Waals surface area contributed by atoms with Crippen LogP contribution in [0.2, 0.25) is 0 Å². The van der Waals surface area contributed by atoms with Gasteiger partial charge in [0, 0.05) is 24.9 Å². The molecule has 0 aliphatic carbocycles. The maximum Gasteiger partial charge on any atom is 0.223 e. The molecule has 4 heteroatoms. The summed E-state index contributed by atoms with van der Waals surface area (Å²) in [5.74, 6) is -0.239. The van der Waals surface area contributed by atoms with E-state index in [2.05, 4.69) is 10.3 Å². The van der Waals surface area contributed by atoms with Gasteiger partial charge in [-0.2, -0.15) is 0 Å². The van der Waals surface area contributed by atoms with Crippen LogP contribution in [0.5, 0.6) is 0 Å². The molecule has 2 rings (SSSR count). The highest BCUT2D eigenvalue weighted by molar-refractivity contribution is 5.79. The van der Waals surface area contributed by atoms with Gasteiger partial charge in [-0.25, -0.2) is 0 Å². The number of hydrogen-bond donors (Lipinski definition) is 1. The van der Waals surface area contributed by atoms with Gasteiger partial charge in [0.25, 0.3) is 0 Å². The summed E-state index contributed by atoms with van der Waals surface area (Å²) < 4.78 is 0. The van der Waals surface area contributed by atoms with Gasteiger partial charge in [-0.15, -0.1) is 0 Å². The lowest BCUT2D eigenvalue weighted by Gasteiger charge is -2.10. The highest BCUT2D eigenvalue weighted by Crippen LogP contribution is 2.13. The van der Waals surface area contributed by atoms with E-state index < -0.39 is 6.04 Å². The number of nitrogens with zero attached hydrogens (tertiary/aromatic N) is 1. The molecule has 0 fully saturated rings. The van der Waals surface area contributed by atoms with Gasteiger partial charge < -0.3 is 5.32 Å². The fourth-order valence-electron chi connectivity index (χ4n) is 1.83. The Morgan fingerprint density at radius 2 is 2.22 bits per heavy atom. The average Bonchev–Trinajstić information content (AvgIpc) is 2.37. The fourth-order valence-corrected chi connectivity index (χ4v) is 1.83. The number of fused-ring (bicyclic) bond motifs is 1. The molecule has 0 bridgehead atoms. The van der Waals surface area contributed by atoms with Crippen molar-refractivity contribution in [3.63, 3.8) is 0 Å². The van der Waals surface area contributed by atoms with E-state index in [1.165, 1.54) is 6.92 Å². The first-order valence-corrected chi connectivity index (χ1v) is 5.67. The minimum absolute atomic E-state index is 0.239. The number of hydrogen-bond acceptors (Lipinski definition) is 3. The van der Waals surface area contributed by atoms with Crippen molar-refractivity contribution in [2.24, 2.45) is 0 Å². The SMILES string of the molecule is CC(=O)N[C@H]([C]=O)Cc1cnc2ccccc2c1. The summed E-state index contributed by atoms with van der Waals surface area (Å²) in [7, 11) is 0. The minimum Gasteiger partial charge on any atom is -0.346 e. The Balaban J connectivity index is 2.20. The second-order valence-electron chi connectivity index (χ2n) is 4.11. The Hall–Kier alpha value is -2.23. The van der Waals surface area contributed by atoms with Crippen molar-refractivity contribution in [1.29, 1.82) is 0 Å². The molecular weight excluding hydrogens is 228 g/mol. The third kappa shape index (κ3) is 2.91. The molecule has 1 atom stereocenters. The molecule has 1 aromatic carbocycles. The van der Waals surface area contributed by atoms with Crippen LogP contribution in [-0.2, 0) is 16.0 Å². The van der Waals surface area contributed by atoms with E-state index in [1.54, 1.807) is 6.20 Å². The second kappa shape index (κ2) is 5.40. The number of amides is 1. The summed E-state index contributed by atoms with van der Waals surface area (Å²) in [6, 6.07) is 9.10. The summed E-state index contributed by atoms with van der Waals surface area (Å²) in [6.45, 7) is 1.38. The van der Waals surface area contributed by atoms with Crippen molar-refractivity contribution < 1.29 is 9.59 Å². The lowest BCUT2D eigenvalue weighted by molar-refractivity contribution is -0.119. The highest BCUT2D eigenvalue weighted by Gasteiger charge is 2.11. The van der Waals surface area contributed by atoms with Crippen molar-refractivity contribution in [1.82, 2.24) is 10.3 Å². The number of nitrogens with one attached hydrogen (secondary N) is 1. The molecule has 1 aromatic heterocycles. The van der Waals surface area contributed by atoms with Crippen molar-refractivity contribution >= 4 is 23.1 Å². The molecule has 1 radical (unpaired) electrons. The predicted octanol–water partition coefficient (Wildman–Crippen LogP) is 1.39. The van der Waals surface area contributed by atoms with E-state index in [0.29, 0.717) is 6.42 Å². The molecule has 0 saturated carbocycles. The quantitative estimate of drug-likeness (QED) is 0.880. The van der Waals surface area contributed by atoms with Gasteiger partial charge in [0.15, 0.2) is 0 Å². The average molecular weight is 241 g/mol. The van der Waals surface area contributed by atoms with Gasteiger partial charge in [-0.3, -0.25) is 14.6 Å². The van der Waals surface area contributed by atoms with Gasteiger partial charge in [-0.1, -0.05) is 18.2 Å². The molecule has 18 heavy (non-hydrogen) atoms. The second-order valence-corrected chi connectivity index (χ2v) is 4.11. The Labute approximate surface area is 105 Å². The summed E-state index contributed by atoms with van der Waals surface area (Å²) in [6.07, 6.45) is 3.94. The molecule has 0 saturated heterocycles. The van der Waals surface area contributed by atoms with Crippen molar-refractivity contribution in [3.05, 3.63) is 42.1 Å². The molecule has 2 aromatic rings. The zero-order valence-electron chi connectivity index (χ0n) is 10.0. The van der Waals surface area contributed by atoms with Crippen LogP contribution in [0.15, 0.2) is 36.5 Å². The van der Waals surface area contributed by atoms with Crippen LogP contribution in [0.1, 0.15) is 12.5 Å². The Morgan fingerprint density at radius 1 is 1.44 bits per heavy atom. The van der Waals surface area contributed by atoms with Gasteiger partial charge in [-0.05, 0) is 17.7 Å². The number of aromatic nitrogens is 1. The molecule has 1 amide bonds. The molecule has 91 valence electrons. The van der Waals surface area contributed by atoms with Crippen LogP contribution in [0, 0.1) is 0 Å². The first kappa shape index (κ1) is 12.2. The third-order valence-electron chi connectivity index (χ3n) is 2.61. The first-order chi connectivity index (χ1) is 8.69. The van der Waals surface area contributed by atoms with Crippen LogP contribution in [0.3, 0.4) is 0 Å². The summed E-state index contributed by atoms with van der Waals surface area (Å²) >= 11 is 0. The molecular formula is C14H13N2O2.